The molecule has 2 saturated heterocycles. The summed E-state index contributed by atoms with van der Waals surface area (Å²) in [5, 5.41) is 12.4. The maximum absolute atomic E-state index is 11.8. The summed E-state index contributed by atoms with van der Waals surface area (Å²) in [6.45, 7) is 2.46. The summed E-state index contributed by atoms with van der Waals surface area (Å²) in [7, 11) is 0. The molecule has 7 nitrogen and oxygen atoms in total. The van der Waals surface area contributed by atoms with Crippen LogP contribution in [-0.2, 0) is 9.59 Å². The van der Waals surface area contributed by atoms with Gasteiger partial charge in [-0.2, -0.15) is 0 Å². The normalized spacial score (nSPS) is 28.8. The number of hydrogen-bond acceptors (Lipinski definition) is 6. The largest absolute Gasteiger partial charge is 0.391 e. The molecule has 0 aromatic rings. The zero-order chi connectivity index (χ0) is 13.5. The Morgan fingerprint density at radius 1 is 1.56 bits per heavy atom. The van der Waals surface area contributed by atoms with E-state index in [9.17, 15) is 14.7 Å². The highest BCUT2D eigenvalue weighted by atomic mass is 32.2. The van der Waals surface area contributed by atoms with E-state index in [0.717, 1.165) is 0 Å². The van der Waals surface area contributed by atoms with Gasteiger partial charge in [0.15, 0.2) is 0 Å². The summed E-state index contributed by atoms with van der Waals surface area (Å²) >= 11 is 1.60. The highest BCUT2D eigenvalue weighted by molar-refractivity contribution is 8.01. The van der Waals surface area contributed by atoms with Gasteiger partial charge in [-0.15, -0.1) is 11.8 Å². The van der Waals surface area contributed by atoms with Crippen LogP contribution >= 0.6 is 11.8 Å². The molecule has 2 fully saturated rings. The first-order valence-electron chi connectivity index (χ1n) is 5.78. The number of primary amides is 1. The Kier molecular flexibility index (Phi) is 3.54. The molecule has 0 radical (unpaired) electrons. The minimum atomic E-state index is -0.888. The van der Waals surface area contributed by atoms with Crippen LogP contribution in [0.2, 0.25) is 0 Å². The minimum Gasteiger partial charge on any atom is -0.391 e. The zero-order valence-corrected chi connectivity index (χ0v) is 10.9. The van der Waals surface area contributed by atoms with Gasteiger partial charge in [0.05, 0.1) is 25.2 Å². The van der Waals surface area contributed by atoms with Crippen molar-refractivity contribution in [3.05, 3.63) is 0 Å². The number of carbonyl (C=O) groups is 2. The van der Waals surface area contributed by atoms with Gasteiger partial charge in [-0.3, -0.25) is 14.9 Å². The lowest BCUT2D eigenvalue weighted by molar-refractivity contribution is -0.140. The summed E-state index contributed by atoms with van der Waals surface area (Å²) in [5.41, 5.74) is 10.8. The van der Waals surface area contributed by atoms with Crippen molar-refractivity contribution < 1.29 is 14.7 Å². The van der Waals surface area contributed by atoms with Crippen molar-refractivity contribution >= 4 is 23.6 Å². The molecule has 2 heterocycles. The fourth-order valence-electron chi connectivity index (χ4n) is 2.12. The van der Waals surface area contributed by atoms with Crippen LogP contribution in [0.15, 0.2) is 0 Å². The molecule has 0 saturated carbocycles. The number of thioether (sulfide) groups is 1. The van der Waals surface area contributed by atoms with Gasteiger partial charge >= 0.3 is 0 Å². The Bertz CT molecular complexity index is 370. The van der Waals surface area contributed by atoms with Crippen LogP contribution in [0.25, 0.3) is 0 Å². The predicted octanol–water partition coefficient (Wildman–Crippen LogP) is -2.58. The fourth-order valence-corrected chi connectivity index (χ4v) is 3.58. The molecule has 2 amide bonds. The predicted molar refractivity (Wildman–Crippen MR) is 67.5 cm³/mol. The van der Waals surface area contributed by atoms with Crippen LogP contribution in [0.5, 0.6) is 0 Å². The first kappa shape index (κ1) is 13.6. The quantitative estimate of drug-likeness (QED) is 0.448. The summed E-state index contributed by atoms with van der Waals surface area (Å²) in [6.07, 6.45) is -0.864. The lowest BCUT2D eigenvalue weighted by atomic mass is 10.0. The van der Waals surface area contributed by atoms with Crippen molar-refractivity contribution in [2.45, 2.75) is 30.0 Å². The van der Waals surface area contributed by atoms with Crippen molar-refractivity contribution in [1.29, 1.82) is 0 Å². The molecule has 6 N–H and O–H groups in total. The van der Waals surface area contributed by atoms with Gasteiger partial charge in [0.2, 0.25) is 11.8 Å². The molecule has 0 aliphatic carbocycles. The van der Waals surface area contributed by atoms with Crippen LogP contribution < -0.4 is 16.8 Å². The molecule has 2 aliphatic rings. The van der Waals surface area contributed by atoms with Gasteiger partial charge in [-0.05, 0) is 6.92 Å². The Balaban J connectivity index is 1.87. The summed E-state index contributed by atoms with van der Waals surface area (Å²) in [6, 6.07) is -1.22. The molecular formula is C10H18N4O3S. The Hall–Kier alpha value is -0.830. The number of aliphatic hydroxyl groups is 1. The molecule has 2 rings (SSSR count). The van der Waals surface area contributed by atoms with Gasteiger partial charge < -0.3 is 21.5 Å². The molecule has 0 bridgehead atoms. The standard InChI is InChI=1S/C10H18N4O3S/c1-5(15)7(11)9(17)14-3-10(4-14)13-6(2-18-10)8(12)16/h5-7,13,15H,2-4,11H2,1H3,(H2,12,16)/t5-,6+,7+/m1/s1. The second-order valence-electron chi connectivity index (χ2n) is 4.87. The van der Waals surface area contributed by atoms with Crippen LogP contribution in [0, 0.1) is 0 Å². The Labute approximate surface area is 109 Å². The second-order valence-corrected chi connectivity index (χ2v) is 6.27. The van der Waals surface area contributed by atoms with Crippen molar-refractivity contribution in [2.24, 2.45) is 11.5 Å². The fraction of sp³-hybridized carbons (Fsp3) is 0.800. The SMILES string of the molecule is C[C@@H](O)[C@H](N)C(=O)N1CC2(C1)N[C@H](C(N)=O)CS2. The van der Waals surface area contributed by atoms with E-state index in [2.05, 4.69) is 5.32 Å². The monoisotopic (exact) mass is 274 g/mol. The number of carbonyl (C=O) groups excluding carboxylic acids is 2. The molecule has 3 atom stereocenters. The van der Waals surface area contributed by atoms with Gasteiger partial charge in [-0.25, -0.2) is 0 Å². The molecule has 1 spiro atoms. The smallest absolute Gasteiger partial charge is 0.242 e. The molecule has 102 valence electrons. The number of likely N-dealkylation sites (tertiary alicyclic amines) is 1. The van der Waals surface area contributed by atoms with E-state index < -0.39 is 12.1 Å². The Morgan fingerprint density at radius 3 is 2.61 bits per heavy atom. The number of nitrogens with one attached hydrogen (secondary N) is 1. The van der Waals surface area contributed by atoms with E-state index in [4.69, 9.17) is 11.5 Å². The third-order valence-corrected chi connectivity index (χ3v) is 4.74. The second kappa shape index (κ2) is 4.69. The summed E-state index contributed by atoms with van der Waals surface area (Å²) in [5.74, 6) is -0.00908. The Morgan fingerprint density at radius 2 is 2.17 bits per heavy atom. The van der Waals surface area contributed by atoms with Gasteiger partial charge in [0, 0.05) is 5.75 Å². The van der Waals surface area contributed by atoms with E-state index in [0.29, 0.717) is 18.8 Å². The van der Waals surface area contributed by atoms with Gasteiger partial charge in [0.25, 0.3) is 0 Å². The van der Waals surface area contributed by atoms with Gasteiger partial charge in [-0.1, -0.05) is 0 Å². The van der Waals surface area contributed by atoms with Crippen LogP contribution in [0.3, 0.4) is 0 Å². The van der Waals surface area contributed by atoms with Crippen LogP contribution in [-0.4, -0.2) is 63.7 Å². The van der Waals surface area contributed by atoms with Crippen molar-refractivity contribution in [3.8, 4) is 0 Å². The van der Waals surface area contributed by atoms with E-state index in [1.165, 1.54) is 6.92 Å². The topological polar surface area (TPSA) is 122 Å². The number of nitrogens with zero attached hydrogens (tertiary/aromatic N) is 1. The lowest BCUT2D eigenvalue weighted by Gasteiger charge is -2.48. The maximum Gasteiger partial charge on any atom is 0.242 e. The van der Waals surface area contributed by atoms with Crippen LogP contribution in [0.1, 0.15) is 6.92 Å². The average Bonchev–Trinajstić information content (AvgIpc) is 2.69. The van der Waals surface area contributed by atoms with Crippen LogP contribution in [0.4, 0.5) is 0 Å². The number of aliphatic hydroxyl groups excluding tert-OH is 1. The van der Waals surface area contributed by atoms with Crippen molar-refractivity contribution in [2.75, 3.05) is 18.8 Å². The maximum atomic E-state index is 11.8. The number of nitrogens with two attached hydrogens (primary N) is 2. The highest BCUT2D eigenvalue weighted by Crippen LogP contribution is 2.38. The summed E-state index contributed by atoms with van der Waals surface area (Å²) < 4.78 is 0. The third kappa shape index (κ3) is 2.33. The van der Waals surface area contributed by atoms with Crippen molar-refractivity contribution in [3.63, 3.8) is 0 Å². The van der Waals surface area contributed by atoms with Crippen molar-refractivity contribution in [1.82, 2.24) is 10.2 Å². The lowest BCUT2D eigenvalue weighted by Crippen LogP contribution is -2.70. The molecule has 18 heavy (non-hydrogen) atoms. The van der Waals surface area contributed by atoms with E-state index >= 15 is 0 Å². The first-order chi connectivity index (χ1) is 8.34. The molecule has 0 aromatic heterocycles. The highest BCUT2D eigenvalue weighted by Gasteiger charge is 2.52. The average molecular weight is 274 g/mol. The van der Waals surface area contributed by atoms with Gasteiger partial charge in [0.1, 0.15) is 10.9 Å². The third-order valence-electron chi connectivity index (χ3n) is 3.32. The molecule has 2 aliphatic heterocycles. The molecule has 0 unspecified atom stereocenters. The van der Waals surface area contributed by atoms with E-state index in [-0.39, 0.29) is 22.7 Å². The van der Waals surface area contributed by atoms with E-state index in [1.807, 2.05) is 0 Å². The molecular weight excluding hydrogens is 256 g/mol. The molecule has 8 heteroatoms. The number of hydrogen-bond donors (Lipinski definition) is 4. The zero-order valence-electron chi connectivity index (χ0n) is 10.1. The number of amides is 2. The minimum absolute atomic E-state index is 0.263. The van der Waals surface area contributed by atoms with E-state index in [1.54, 1.807) is 16.7 Å². The number of rotatable bonds is 3. The first-order valence-corrected chi connectivity index (χ1v) is 6.76. The summed E-state index contributed by atoms with van der Waals surface area (Å²) in [4.78, 5) is 24.2. The molecule has 0 aromatic carbocycles.